The molecular weight excluding hydrogens is 441 g/mol. The maximum Gasteiger partial charge on any atom is 0.490 e. The lowest BCUT2D eigenvalue weighted by atomic mass is 9.96. The highest BCUT2D eigenvalue weighted by molar-refractivity contribution is 5.73. The van der Waals surface area contributed by atoms with Gasteiger partial charge in [0, 0.05) is 18.7 Å². The number of benzene rings is 1. The van der Waals surface area contributed by atoms with Crippen molar-refractivity contribution in [3.8, 4) is 0 Å². The Morgan fingerprint density at radius 1 is 1.18 bits per heavy atom. The van der Waals surface area contributed by atoms with Crippen LogP contribution in [0.25, 0.3) is 0 Å². The molecule has 0 aliphatic carbocycles. The van der Waals surface area contributed by atoms with Crippen LogP contribution in [0.1, 0.15) is 35.8 Å². The Balaban J connectivity index is 0.000000383. The predicted octanol–water partition coefficient (Wildman–Crippen LogP) is 3.50. The average molecular weight is 466 g/mol. The number of likely N-dealkylation sites (tertiary alicyclic amines) is 1. The molecule has 4 rings (SSSR count). The number of furan rings is 1. The zero-order chi connectivity index (χ0) is 23.8. The van der Waals surface area contributed by atoms with E-state index in [9.17, 15) is 18.3 Å². The number of carboxylic acids is 1. The lowest BCUT2D eigenvalue weighted by Gasteiger charge is -2.31. The smallest absolute Gasteiger partial charge is 0.475 e. The minimum atomic E-state index is -5.08. The van der Waals surface area contributed by atoms with Crippen LogP contribution in [0.5, 0.6) is 0 Å². The largest absolute Gasteiger partial charge is 0.490 e. The molecule has 1 aromatic carbocycles. The number of aromatic nitrogens is 3. The number of carbonyl (C=O) groups is 1. The number of rotatable bonds is 6. The minimum Gasteiger partial charge on any atom is -0.475 e. The second kappa shape index (κ2) is 11.1. The SMILES string of the molecule is O=C(O)C(F)(F)F.OC(c1ccccc1)c1cn(CC2CCN(Cc3ccoc3)CC2)nn1. The molecule has 1 saturated heterocycles. The van der Waals surface area contributed by atoms with Crippen LogP contribution in [-0.2, 0) is 17.9 Å². The highest BCUT2D eigenvalue weighted by atomic mass is 19.4. The van der Waals surface area contributed by atoms with Gasteiger partial charge in [-0.05, 0) is 43.5 Å². The third-order valence-electron chi connectivity index (χ3n) is 5.33. The van der Waals surface area contributed by atoms with Gasteiger partial charge < -0.3 is 14.6 Å². The molecule has 3 aromatic rings. The van der Waals surface area contributed by atoms with Gasteiger partial charge in [0.25, 0.3) is 0 Å². The van der Waals surface area contributed by atoms with Gasteiger partial charge >= 0.3 is 12.1 Å². The number of piperidine rings is 1. The van der Waals surface area contributed by atoms with E-state index in [2.05, 4.69) is 15.2 Å². The lowest BCUT2D eigenvalue weighted by Crippen LogP contribution is -2.34. The first-order valence-corrected chi connectivity index (χ1v) is 10.4. The molecule has 0 saturated carbocycles. The number of hydrogen-bond donors (Lipinski definition) is 2. The number of nitrogens with zero attached hydrogens (tertiary/aromatic N) is 4. The number of carboxylic acid groups (broad SMARTS) is 1. The van der Waals surface area contributed by atoms with Crippen LogP contribution in [0.4, 0.5) is 13.2 Å². The van der Waals surface area contributed by atoms with Crippen LogP contribution < -0.4 is 0 Å². The van der Waals surface area contributed by atoms with Crippen molar-refractivity contribution in [1.29, 1.82) is 0 Å². The summed E-state index contributed by atoms with van der Waals surface area (Å²) < 4.78 is 38.8. The molecule has 11 heteroatoms. The van der Waals surface area contributed by atoms with Gasteiger partial charge in [0.2, 0.25) is 0 Å². The first-order chi connectivity index (χ1) is 15.7. The normalized spacial score (nSPS) is 16.1. The van der Waals surface area contributed by atoms with E-state index in [4.69, 9.17) is 14.3 Å². The topological polar surface area (TPSA) is 105 Å². The molecule has 33 heavy (non-hydrogen) atoms. The molecule has 0 amide bonds. The molecule has 1 fully saturated rings. The number of aliphatic hydroxyl groups excluding tert-OH is 1. The second-order valence-electron chi connectivity index (χ2n) is 7.83. The van der Waals surface area contributed by atoms with E-state index in [-0.39, 0.29) is 0 Å². The third-order valence-corrected chi connectivity index (χ3v) is 5.33. The summed E-state index contributed by atoms with van der Waals surface area (Å²) in [6.07, 6.45) is 1.91. The van der Waals surface area contributed by atoms with Gasteiger partial charge in [0.15, 0.2) is 0 Å². The molecule has 1 atom stereocenters. The van der Waals surface area contributed by atoms with Gasteiger partial charge in [0.05, 0.1) is 18.7 Å². The van der Waals surface area contributed by atoms with E-state index in [0.29, 0.717) is 11.6 Å². The van der Waals surface area contributed by atoms with Gasteiger partial charge in [0.1, 0.15) is 11.8 Å². The molecular formula is C22H25F3N4O4. The van der Waals surface area contributed by atoms with Gasteiger partial charge in [-0.15, -0.1) is 5.10 Å². The molecule has 2 aromatic heterocycles. The van der Waals surface area contributed by atoms with Crippen LogP contribution in [0.3, 0.4) is 0 Å². The predicted molar refractivity (Wildman–Crippen MR) is 111 cm³/mol. The minimum absolute atomic E-state index is 0.596. The van der Waals surface area contributed by atoms with E-state index in [0.717, 1.165) is 44.6 Å². The molecule has 1 aliphatic heterocycles. The van der Waals surface area contributed by atoms with E-state index in [1.54, 1.807) is 6.26 Å². The molecule has 178 valence electrons. The quantitative estimate of drug-likeness (QED) is 0.573. The number of aliphatic hydroxyl groups is 1. The Bertz CT molecular complexity index is 985. The molecule has 0 spiro atoms. The molecule has 1 unspecified atom stereocenters. The van der Waals surface area contributed by atoms with Crippen LogP contribution in [0.2, 0.25) is 0 Å². The highest BCUT2D eigenvalue weighted by Gasteiger charge is 2.38. The summed E-state index contributed by atoms with van der Waals surface area (Å²) in [5.74, 6) is -2.16. The summed E-state index contributed by atoms with van der Waals surface area (Å²) >= 11 is 0. The van der Waals surface area contributed by atoms with Crippen molar-refractivity contribution in [3.63, 3.8) is 0 Å². The summed E-state index contributed by atoms with van der Waals surface area (Å²) in [5.41, 5.74) is 2.68. The number of aliphatic carboxylic acids is 1. The maximum absolute atomic E-state index is 10.6. The summed E-state index contributed by atoms with van der Waals surface area (Å²) in [6, 6.07) is 11.6. The molecule has 8 nitrogen and oxygen atoms in total. The van der Waals surface area contributed by atoms with Crippen LogP contribution >= 0.6 is 0 Å². The zero-order valence-electron chi connectivity index (χ0n) is 17.7. The number of halogens is 3. The van der Waals surface area contributed by atoms with Crippen molar-refractivity contribution in [2.45, 2.75) is 38.2 Å². The molecule has 0 radical (unpaired) electrons. The van der Waals surface area contributed by atoms with Crippen molar-refractivity contribution in [3.05, 3.63) is 71.9 Å². The second-order valence-corrected chi connectivity index (χ2v) is 7.83. The van der Waals surface area contributed by atoms with E-state index in [1.807, 2.05) is 53.5 Å². The van der Waals surface area contributed by atoms with Gasteiger partial charge in [-0.25, -0.2) is 4.79 Å². The molecule has 2 N–H and O–H groups in total. The average Bonchev–Trinajstić information content (AvgIpc) is 3.47. The van der Waals surface area contributed by atoms with Gasteiger partial charge in [-0.3, -0.25) is 9.58 Å². The maximum atomic E-state index is 10.6. The first kappa shape index (κ1) is 24.5. The summed E-state index contributed by atoms with van der Waals surface area (Å²) in [4.78, 5) is 11.4. The summed E-state index contributed by atoms with van der Waals surface area (Å²) in [7, 11) is 0. The van der Waals surface area contributed by atoms with Crippen molar-refractivity contribution < 1.29 is 32.6 Å². The third kappa shape index (κ3) is 7.43. The Labute approximate surface area is 188 Å². The van der Waals surface area contributed by atoms with Crippen molar-refractivity contribution in [2.24, 2.45) is 5.92 Å². The summed E-state index contributed by atoms with van der Waals surface area (Å²) in [6.45, 7) is 3.99. The lowest BCUT2D eigenvalue weighted by molar-refractivity contribution is -0.192. The number of hydrogen-bond acceptors (Lipinski definition) is 6. The Kier molecular flexibility index (Phi) is 8.23. The standard InChI is InChI=1S/C20H24N4O2.C2HF3O2/c25-20(18-4-2-1-3-5-18)19-14-24(22-21-19)13-16-6-9-23(10-7-16)12-17-8-11-26-15-17;3-2(4,5)1(6)7/h1-5,8,11,14-16,20,25H,6-7,9-10,12-13H2;(H,6,7). The number of alkyl halides is 3. The summed E-state index contributed by atoms with van der Waals surface area (Å²) in [5, 5.41) is 25.9. The Hall–Kier alpha value is -3.18. The van der Waals surface area contributed by atoms with Crippen molar-refractivity contribution in [1.82, 2.24) is 19.9 Å². The van der Waals surface area contributed by atoms with E-state index >= 15 is 0 Å². The monoisotopic (exact) mass is 466 g/mol. The fraction of sp³-hybridized carbons (Fsp3) is 0.409. The van der Waals surface area contributed by atoms with Crippen LogP contribution in [0.15, 0.2) is 59.5 Å². The van der Waals surface area contributed by atoms with Crippen molar-refractivity contribution in [2.75, 3.05) is 13.1 Å². The highest BCUT2D eigenvalue weighted by Crippen LogP contribution is 2.23. The molecule has 3 heterocycles. The van der Waals surface area contributed by atoms with Gasteiger partial charge in [-0.2, -0.15) is 13.2 Å². The molecule has 0 bridgehead atoms. The Morgan fingerprint density at radius 3 is 2.42 bits per heavy atom. The fourth-order valence-corrected chi connectivity index (χ4v) is 3.57. The van der Waals surface area contributed by atoms with Crippen LogP contribution in [0, 0.1) is 5.92 Å². The van der Waals surface area contributed by atoms with E-state index in [1.165, 1.54) is 5.56 Å². The van der Waals surface area contributed by atoms with Gasteiger partial charge in [-0.1, -0.05) is 35.5 Å². The van der Waals surface area contributed by atoms with Crippen molar-refractivity contribution >= 4 is 5.97 Å². The molecule has 1 aliphatic rings. The zero-order valence-corrected chi connectivity index (χ0v) is 17.7. The fourth-order valence-electron chi connectivity index (χ4n) is 3.57. The first-order valence-electron chi connectivity index (χ1n) is 10.4. The van der Waals surface area contributed by atoms with Crippen LogP contribution in [-0.4, -0.2) is 55.3 Å². The van der Waals surface area contributed by atoms with E-state index < -0.39 is 18.2 Å². The Morgan fingerprint density at radius 2 is 1.85 bits per heavy atom.